The molecule has 1 saturated carbocycles. The largest absolute Gasteiger partial charge is 0.481 e. The van der Waals surface area contributed by atoms with Crippen LogP contribution >= 0.6 is 0 Å². The molecule has 2 N–H and O–H groups in total. The van der Waals surface area contributed by atoms with Gasteiger partial charge >= 0.3 is 5.97 Å². The molecule has 1 aromatic carbocycles. The Morgan fingerprint density at radius 2 is 1.90 bits per heavy atom. The minimum absolute atomic E-state index is 0.431. The first-order valence-electron chi connectivity index (χ1n) is 7.69. The molecule has 0 spiro atoms. The van der Waals surface area contributed by atoms with Crippen LogP contribution in [0.5, 0.6) is 0 Å². The Bertz CT molecular complexity index is 421. The van der Waals surface area contributed by atoms with Crippen LogP contribution in [-0.4, -0.2) is 17.6 Å². The molecule has 3 heteroatoms. The molecule has 2 rings (SSSR count). The van der Waals surface area contributed by atoms with Crippen LogP contribution in [0, 0.1) is 5.92 Å². The summed E-state index contributed by atoms with van der Waals surface area (Å²) in [6, 6.07) is 7.91. The molecule has 1 atom stereocenters. The molecular weight excluding hydrogens is 250 g/mol. The van der Waals surface area contributed by atoms with Gasteiger partial charge in [-0.1, -0.05) is 43.5 Å². The predicted molar refractivity (Wildman–Crippen MR) is 80.8 cm³/mol. The number of benzene rings is 1. The maximum Gasteiger partial charge on any atom is 0.310 e. The molecule has 0 aliphatic heterocycles. The van der Waals surface area contributed by atoms with Crippen molar-refractivity contribution in [2.24, 2.45) is 5.92 Å². The Balaban J connectivity index is 1.77. The predicted octanol–water partition coefficient (Wildman–Crippen LogP) is 3.54. The Kier molecular flexibility index (Phi) is 5.60. The Labute approximate surface area is 121 Å². The van der Waals surface area contributed by atoms with Gasteiger partial charge in [0, 0.05) is 6.54 Å². The first-order chi connectivity index (χ1) is 9.66. The minimum atomic E-state index is -0.770. The van der Waals surface area contributed by atoms with Crippen molar-refractivity contribution < 1.29 is 9.90 Å². The maximum absolute atomic E-state index is 10.9. The number of carboxylic acids is 1. The average Bonchev–Trinajstić information content (AvgIpc) is 2.48. The zero-order chi connectivity index (χ0) is 14.4. The molecule has 20 heavy (non-hydrogen) atoms. The SMILES string of the molecule is CC(C(=O)O)c1ccc(CNCC2CCCCC2)cc1. The van der Waals surface area contributed by atoms with E-state index in [4.69, 9.17) is 5.11 Å². The van der Waals surface area contributed by atoms with E-state index in [1.807, 2.05) is 24.3 Å². The summed E-state index contributed by atoms with van der Waals surface area (Å²) >= 11 is 0. The van der Waals surface area contributed by atoms with Gasteiger partial charge in [-0.15, -0.1) is 0 Å². The van der Waals surface area contributed by atoms with Crippen LogP contribution in [-0.2, 0) is 11.3 Å². The molecular formula is C17H25NO2. The lowest BCUT2D eigenvalue weighted by molar-refractivity contribution is -0.138. The van der Waals surface area contributed by atoms with E-state index >= 15 is 0 Å². The summed E-state index contributed by atoms with van der Waals surface area (Å²) in [5, 5.41) is 12.5. The fourth-order valence-corrected chi connectivity index (χ4v) is 2.88. The van der Waals surface area contributed by atoms with E-state index in [9.17, 15) is 4.79 Å². The van der Waals surface area contributed by atoms with Crippen LogP contribution < -0.4 is 5.32 Å². The third kappa shape index (κ3) is 4.34. The van der Waals surface area contributed by atoms with Crippen LogP contribution in [0.15, 0.2) is 24.3 Å². The topological polar surface area (TPSA) is 49.3 Å². The molecule has 0 radical (unpaired) electrons. The molecule has 110 valence electrons. The third-order valence-electron chi connectivity index (χ3n) is 4.34. The molecule has 3 nitrogen and oxygen atoms in total. The highest BCUT2D eigenvalue weighted by atomic mass is 16.4. The second-order valence-electron chi connectivity index (χ2n) is 5.94. The van der Waals surface area contributed by atoms with E-state index < -0.39 is 11.9 Å². The van der Waals surface area contributed by atoms with Crippen LogP contribution in [0.25, 0.3) is 0 Å². The minimum Gasteiger partial charge on any atom is -0.481 e. The van der Waals surface area contributed by atoms with E-state index in [2.05, 4.69) is 5.32 Å². The monoisotopic (exact) mass is 275 g/mol. The van der Waals surface area contributed by atoms with Gasteiger partial charge in [0.25, 0.3) is 0 Å². The third-order valence-corrected chi connectivity index (χ3v) is 4.34. The van der Waals surface area contributed by atoms with Crippen molar-refractivity contribution >= 4 is 5.97 Å². The lowest BCUT2D eigenvalue weighted by atomic mass is 9.89. The van der Waals surface area contributed by atoms with Gasteiger partial charge < -0.3 is 10.4 Å². The van der Waals surface area contributed by atoms with E-state index in [1.54, 1.807) is 6.92 Å². The lowest BCUT2D eigenvalue weighted by Crippen LogP contribution is -2.24. The molecule has 1 aliphatic carbocycles. The quantitative estimate of drug-likeness (QED) is 0.834. The Morgan fingerprint density at radius 1 is 1.25 bits per heavy atom. The van der Waals surface area contributed by atoms with Gasteiger partial charge in [-0.05, 0) is 43.4 Å². The number of hydrogen-bond donors (Lipinski definition) is 2. The van der Waals surface area contributed by atoms with Gasteiger partial charge in [-0.25, -0.2) is 0 Å². The molecule has 1 unspecified atom stereocenters. The van der Waals surface area contributed by atoms with E-state index in [0.29, 0.717) is 0 Å². The standard InChI is InChI=1S/C17H25NO2/c1-13(17(19)20)16-9-7-15(8-10-16)12-18-11-14-5-3-2-4-6-14/h7-10,13-14,18H,2-6,11-12H2,1H3,(H,19,20). The van der Waals surface area contributed by atoms with Crippen LogP contribution in [0.1, 0.15) is 56.1 Å². The van der Waals surface area contributed by atoms with Gasteiger partial charge in [0.1, 0.15) is 0 Å². The number of carbonyl (C=O) groups is 1. The number of rotatable bonds is 6. The van der Waals surface area contributed by atoms with Crippen LogP contribution in [0.2, 0.25) is 0 Å². The first-order valence-corrected chi connectivity index (χ1v) is 7.69. The molecule has 0 heterocycles. The van der Waals surface area contributed by atoms with Gasteiger partial charge in [0.05, 0.1) is 5.92 Å². The number of nitrogens with one attached hydrogen (secondary N) is 1. The normalized spacial score (nSPS) is 17.9. The summed E-state index contributed by atoms with van der Waals surface area (Å²) in [5.74, 6) is -0.359. The summed E-state index contributed by atoms with van der Waals surface area (Å²) in [4.78, 5) is 10.9. The smallest absolute Gasteiger partial charge is 0.310 e. The summed E-state index contributed by atoms with van der Waals surface area (Å²) in [6.45, 7) is 3.70. The van der Waals surface area contributed by atoms with Crippen LogP contribution in [0.3, 0.4) is 0 Å². The highest BCUT2D eigenvalue weighted by Crippen LogP contribution is 2.23. The van der Waals surface area contributed by atoms with Gasteiger partial charge in [-0.2, -0.15) is 0 Å². The number of carboxylic acid groups (broad SMARTS) is 1. The first kappa shape index (κ1) is 15.0. The maximum atomic E-state index is 10.9. The molecule has 0 saturated heterocycles. The van der Waals surface area contributed by atoms with Crippen molar-refractivity contribution in [2.75, 3.05) is 6.54 Å². The summed E-state index contributed by atoms with van der Waals surface area (Å²) in [7, 11) is 0. The van der Waals surface area contributed by atoms with Crippen molar-refractivity contribution in [1.29, 1.82) is 0 Å². The van der Waals surface area contributed by atoms with Crippen molar-refractivity contribution in [3.8, 4) is 0 Å². The summed E-state index contributed by atoms with van der Waals surface area (Å²) < 4.78 is 0. The van der Waals surface area contributed by atoms with Crippen molar-refractivity contribution in [3.63, 3.8) is 0 Å². The molecule has 1 fully saturated rings. The zero-order valence-corrected chi connectivity index (χ0v) is 12.3. The Hall–Kier alpha value is -1.35. The molecule has 0 bridgehead atoms. The lowest BCUT2D eigenvalue weighted by Gasteiger charge is -2.21. The second-order valence-corrected chi connectivity index (χ2v) is 5.94. The van der Waals surface area contributed by atoms with Gasteiger partial charge in [-0.3, -0.25) is 4.79 Å². The summed E-state index contributed by atoms with van der Waals surface area (Å²) in [5.41, 5.74) is 2.09. The van der Waals surface area contributed by atoms with Crippen molar-refractivity contribution in [1.82, 2.24) is 5.32 Å². The van der Waals surface area contributed by atoms with Gasteiger partial charge in [0.2, 0.25) is 0 Å². The zero-order valence-electron chi connectivity index (χ0n) is 12.3. The fourth-order valence-electron chi connectivity index (χ4n) is 2.88. The molecule has 0 amide bonds. The number of aliphatic carboxylic acids is 1. The highest BCUT2D eigenvalue weighted by Gasteiger charge is 2.14. The fraction of sp³-hybridized carbons (Fsp3) is 0.588. The molecule has 1 aromatic rings. The second kappa shape index (κ2) is 7.44. The highest BCUT2D eigenvalue weighted by molar-refractivity contribution is 5.75. The summed E-state index contributed by atoms with van der Waals surface area (Å²) in [6.07, 6.45) is 6.89. The van der Waals surface area contributed by atoms with E-state index in [-0.39, 0.29) is 0 Å². The van der Waals surface area contributed by atoms with E-state index in [1.165, 1.54) is 37.7 Å². The van der Waals surface area contributed by atoms with Crippen LogP contribution in [0.4, 0.5) is 0 Å². The van der Waals surface area contributed by atoms with Crippen molar-refractivity contribution in [2.45, 2.75) is 51.5 Å². The van der Waals surface area contributed by atoms with Gasteiger partial charge in [0.15, 0.2) is 0 Å². The number of hydrogen-bond acceptors (Lipinski definition) is 2. The molecule has 1 aliphatic rings. The van der Waals surface area contributed by atoms with E-state index in [0.717, 1.165) is 24.6 Å². The average molecular weight is 275 g/mol. The molecule has 0 aromatic heterocycles. The van der Waals surface area contributed by atoms with Crippen molar-refractivity contribution in [3.05, 3.63) is 35.4 Å². The Morgan fingerprint density at radius 3 is 2.50 bits per heavy atom.